The number of rotatable bonds is 5. The molecule has 2 aromatic carbocycles. The van der Waals surface area contributed by atoms with Crippen LogP contribution >= 0.6 is 11.6 Å². The van der Waals surface area contributed by atoms with E-state index >= 15 is 0 Å². The van der Waals surface area contributed by atoms with Crippen LogP contribution in [0.15, 0.2) is 42.5 Å². The molecule has 2 aliphatic rings. The van der Waals surface area contributed by atoms with E-state index in [-0.39, 0.29) is 53.1 Å². The first-order valence-corrected chi connectivity index (χ1v) is 11.7. The minimum absolute atomic E-state index is 0.0225. The number of halogens is 2. The quantitative estimate of drug-likeness (QED) is 0.500. The van der Waals surface area contributed by atoms with Crippen LogP contribution in [0.2, 0.25) is 5.02 Å². The summed E-state index contributed by atoms with van der Waals surface area (Å²) in [7, 11) is 0. The van der Waals surface area contributed by atoms with E-state index in [2.05, 4.69) is 20.6 Å². The van der Waals surface area contributed by atoms with Crippen LogP contribution in [0.1, 0.15) is 34.5 Å². The van der Waals surface area contributed by atoms with Crippen LogP contribution < -0.4 is 10.6 Å². The molecule has 3 heterocycles. The first kappa shape index (κ1) is 23.2. The fourth-order valence-corrected chi connectivity index (χ4v) is 4.53. The number of fused-ring (bicyclic) bond motifs is 1. The number of nitrogens with one attached hydrogen (secondary N) is 2. The normalized spacial score (nSPS) is 15.6. The Hall–Kier alpha value is -3.56. The average Bonchev–Trinajstić information content (AvgIpc) is 3.21. The Morgan fingerprint density at radius 2 is 1.89 bits per heavy atom. The molecular formula is C25H23ClFN5O3. The minimum Gasteiger partial charge on any atom is -0.393 e. The molecule has 0 atom stereocenters. The van der Waals surface area contributed by atoms with E-state index in [4.69, 9.17) is 11.6 Å². The van der Waals surface area contributed by atoms with Gasteiger partial charge in [0, 0.05) is 18.8 Å². The summed E-state index contributed by atoms with van der Waals surface area (Å²) in [6, 6.07) is 11.6. The molecule has 3 N–H and O–H groups in total. The van der Waals surface area contributed by atoms with E-state index in [1.54, 1.807) is 23.1 Å². The van der Waals surface area contributed by atoms with E-state index in [9.17, 15) is 19.1 Å². The highest BCUT2D eigenvalue weighted by Crippen LogP contribution is 2.32. The van der Waals surface area contributed by atoms with Gasteiger partial charge in [-0.25, -0.2) is 14.4 Å². The molecule has 10 heteroatoms. The van der Waals surface area contributed by atoms with Gasteiger partial charge in [0.2, 0.25) is 5.91 Å². The topological polar surface area (TPSA) is 107 Å². The number of hydrogen-bond acceptors (Lipinski definition) is 6. The van der Waals surface area contributed by atoms with Crippen molar-refractivity contribution in [1.82, 2.24) is 20.2 Å². The molecule has 0 radical (unpaired) electrons. The number of aliphatic hydroxyl groups excluding tert-OH is 1. The summed E-state index contributed by atoms with van der Waals surface area (Å²) in [6.45, 7) is 1.34. The zero-order chi connectivity index (χ0) is 24.5. The third kappa shape index (κ3) is 4.82. The number of likely N-dealkylation sites (tertiary alicyclic amines) is 1. The monoisotopic (exact) mass is 495 g/mol. The van der Waals surface area contributed by atoms with E-state index in [1.807, 2.05) is 12.1 Å². The maximum Gasteiger partial charge on any atom is 0.257 e. The number of nitrogens with zero attached hydrogens (tertiary/aromatic N) is 3. The Balaban J connectivity index is 1.37. The fraction of sp³-hybridized carbons (Fsp3) is 0.280. The van der Waals surface area contributed by atoms with Crippen molar-refractivity contribution in [3.8, 4) is 11.4 Å². The van der Waals surface area contributed by atoms with Crippen LogP contribution in [0.5, 0.6) is 0 Å². The lowest BCUT2D eigenvalue weighted by Crippen LogP contribution is -2.40. The summed E-state index contributed by atoms with van der Waals surface area (Å²) in [6.07, 6.45) is 1.14. The number of aromatic nitrogens is 2. The molecule has 1 aromatic heterocycles. The largest absolute Gasteiger partial charge is 0.393 e. The van der Waals surface area contributed by atoms with Crippen molar-refractivity contribution < 1.29 is 19.1 Å². The van der Waals surface area contributed by atoms with Gasteiger partial charge in [-0.15, -0.1) is 0 Å². The zero-order valence-electron chi connectivity index (χ0n) is 18.7. The zero-order valence-corrected chi connectivity index (χ0v) is 19.5. The maximum atomic E-state index is 14.5. The summed E-state index contributed by atoms with van der Waals surface area (Å²) in [5, 5.41) is 15.7. The number of carbonyl (C=O) groups is 2. The van der Waals surface area contributed by atoms with Gasteiger partial charge in [0.15, 0.2) is 5.82 Å². The molecule has 8 nitrogen and oxygen atoms in total. The Morgan fingerprint density at radius 3 is 2.60 bits per heavy atom. The van der Waals surface area contributed by atoms with Gasteiger partial charge in [-0.3, -0.25) is 9.59 Å². The van der Waals surface area contributed by atoms with Gasteiger partial charge in [-0.05, 0) is 42.7 Å². The van der Waals surface area contributed by atoms with E-state index in [1.165, 1.54) is 12.1 Å². The predicted molar refractivity (Wildman–Crippen MR) is 129 cm³/mol. The molecule has 0 saturated carbocycles. The molecular weight excluding hydrogens is 473 g/mol. The second kappa shape index (κ2) is 9.59. The number of carbonyl (C=O) groups excluding carboxylic acids is 2. The average molecular weight is 496 g/mol. The number of benzene rings is 2. The summed E-state index contributed by atoms with van der Waals surface area (Å²) < 4.78 is 14.5. The van der Waals surface area contributed by atoms with Gasteiger partial charge in [0.05, 0.1) is 35.3 Å². The Kier molecular flexibility index (Phi) is 6.36. The number of aliphatic hydroxyl groups is 1. The Morgan fingerprint density at radius 1 is 1.14 bits per heavy atom. The molecule has 5 rings (SSSR count). The minimum atomic E-state index is -0.557. The van der Waals surface area contributed by atoms with Crippen LogP contribution in [0, 0.1) is 5.82 Å². The molecule has 35 heavy (non-hydrogen) atoms. The number of piperidine rings is 1. The van der Waals surface area contributed by atoms with Gasteiger partial charge in [0.1, 0.15) is 17.2 Å². The SMILES string of the molecule is O=C1NCc2nc(-c3c(F)cccc3Cl)nc(Nc3ccc(CC(=O)N4CCC(O)CC4)cc3)c21. The van der Waals surface area contributed by atoms with Gasteiger partial charge in [-0.2, -0.15) is 0 Å². The van der Waals surface area contributed by atoms with Gasteiger partial charge in [-0.1, -0.05) is 29.8 Å². The van der Waals surface area contributed by atoms with Crippen LogP contribution in [-0.4, -0.2) is 51.0 Å². The van der Waals surface area contributed by atoms with Crippen molar-refractivity contribution in [3.05, 3.63) is 70.1 Å². The fourth-order valence-electron chi connectivity index (χ4n) is 4.28. The standard InChI is InChI=1S/C25H23ClFN5O3/c26-17-2-1-3-18(27)21(17)23-30-19-13-28-25(35)22(19)24(31-23)29-15-6-4-14(5-7-15)12-20(34)32-10-8-16(33)9-11-32/h1-7,16,33H,8-13H2,(H,28,35)(H,29,30,31). The summed E-state index contributed by atoms with van der Waals surface area (Å²) in [4.78, 5) is 35.6. The van der Waals surface area contributed by atoms with Crippen molar-refractivity contribution in [1.29, 1.82) is 0 Å². The molecule has 0 bridgehead atoms. The highest BCUT2D eigenvalue weighted by Gasteiger charge is 2.28. The molecule has 1 saturated heterocycles. The number of anilines is 2. The molecule has 2 amide bonds. The maximum absolute atomic E-state index is 14.5. The van der Waals surface area contributed by atoms with Crippen LogP contribution in [-0.2, 0) is 17.8 Å². The smallest absolute Gasteiger partial charge is 0.257 e. The van der Waals surface area contributed by atoms with Crippen molar-refractivity contribution in [2.24, 2.45) is 0 Å². The van der Waals surface area contributed by atoms with Crippen LogP contribution in [0.4, 0.5) is 15.9 Å². The van der Waals surface area contributed by atoms with Crippen LogP contribution in [0.3, 0.4) is 0 Å². The molecule has 180 valence electrons. The lowest BCUT2D eigenvalue weighted by Gasteiger charge is -2.29. The van der Waals surface area contributed by atoms with Gasteiger partial charge >= 0.3 is 0 Å². The van der Waals surface area contributed by atoms with E-state index in [0.29, 0.717) is 42.9 Å². The molecule has 2 aliphatic heterocycles. The first-order valence-electron chi connectivity index (χ1n) is 11.3. The molecule has 0 spiro atoms. The third-order valence-electron chi connectivity index (χ3n) is 6.20. The van der Waals surface area contributed by atoms with E-state index < -0.39 is 5.82 Å². The summed E-state index contributed by atoms with van der Waals surface area (Å²) >= 11 is 6.21. The van der Waals surface area contributed by atoms with Gasteiger partial charge < -0.3 is 20.6 Å². The Labute approximate surface area is 206 Å². The summed E-state index contributed by atoms with van der Waals surface area (Å²) in [5.74, 6) is -0.524. The number of hydrogen-bond donors (Lipinski definition) is 3. The first-order chi connectivity index (χ1) is 16.9. The van der Waals surface area contributed by atoms with Crippen molar-refractivity contribution in [3.63, 3.8) is 0 Å². The Bertz CT molecular complexity index is 1270. The summed E-state index contributed by atoms with van der Waals surface area (Å²) in [5.41, 5.74) is 2.31. The lowest BCUT2D eigenvalue weighted by molar-refractivity contribution is -0.132. The second-order valence-electron chi connectivity index (χ2n) is 8.61. The highest BCUT2D eigenvalue weighted by molar-refractivity contribution is 6.33. The molecule has 3 aromatic rings. The predicted octanol–water partition coefficient (Wildman–Crippen LogP) is 3.45. The van der Waals surface area contributed by atoms with E-state index in [0.717, 1.165) is 5.56 Å². The van der Waals surface area contributed by atoms with Crippen LogP contribution in [0.25, 0.3) is 11.4 Å². The van der Waals surface area contributed by atoms with Crippen molar-refractivity contribution in [2.75, 3.05) is 18.4 Å². The third-order valence-corrected chi connectivity index (χ3v) is 6.52. The molecule has 0 aliphatic carbocycles. The van der Waals surface area contributed by atoms with Crippen molar-refractivity contribution in [2.45, 2.75) is 31.9 Å². The number of amides is 2. The lowest BCUT2D eigenvalue weighted by atomic mass is 10.1. The molecule has 1 fully saturated rings. The van der Waals surface area contributed by atoms with Crippen molar-refractivity contribution >= 4 is 34.9 Å². The second-order valence-corrected chi connectivity index (χ2v) is 9.01. The highest BCUT2D eigenvalue weighted by atomic mass is 35.5. The molecule has 0 unspecified atom stereocenters. The van der Waals surface area contributed by atoms with Gasteiger partial charge in [0.25, 0.3) is 5.91 Å².